The summed E-state index contributed by atoms with van der Waals surface area (Å²) in [6, 6.07) is 0. The van der Waals surface area contributed by atoms with Gasteiger partial charge in [0, 0.05) is 0 Å². The summed E-state index contributed by atoms with van der Waals surface area (Å²) in [4.78, 5) is 3.16. The van der Waals surface area contributed by atoms with Gasteiger partial charge in [-0.15, -0.1) is 0 Å². The number of likely N-dealkylation sites (N-methyl/N-ethyl adjacent to an activating group) is 1. The van der Waals surface area contributed by atoms with E-state index >= 15 is 0 Å². The molecule has 22 heavy (non-hydrogen) atoms. The fourth-order valence-electron chi connectivity index (χ4n) is 4.17. The second-order valence-electron chi connectivity index (χ2n) is 8.26. The van der Waals surface area contributed by atoms with Crippen molar-refractivity contribution in [2.45, 2.75) is 52.2 Å². The van der Waals surface area contributed by atoms with Gasteiger partial charge >= 0.3 is 0 Å². The molecule has 1 saturated carbocycles. The van der Waals surface area contributed by atoms with E-state index < -0.39 is 0 Å². The molecule has 0 amide bonds. The third kappa shape index (κ3) is 5.48. The van der Waals surface area contributed by atoms with Crippen LogP contribution in [-0.2, 0) is 4.74 Å². The van der Waals surface area contributed by atoms with Crippen LogP contribution in [0.15, 0.2) is 0 Å². The van der Waals surface area contributed by atoms with Crippen LogP contribution in [0.2, 0.25) is 0 Å². The summed E-state index contributed by atoms with van der Waals surface area (Å²) in [7, 11) is 2.26. The standard InChI is InChI=1S/C18H36N2O2/c1-14(2)17-6-5-15(3)11-18(17)22-13-16(21)12-20-9-7-19(4)8-10-20/h14-18,21H,5-13H2,1-4H3/p+2/t15-,16-,17-,18-/m1/s1. The Bertz CT molecular complexity index is 316. The highest BCUT2D eigenvalue weighted by atomic mass is 16.5. The largest absolute Gasteiger partial charge is 0.385 e. The van der Waals surface area contributed by atoms with Crippen molar-refractivity contribution in [3.8, 4) is 0 Å². The number of ether oxygens (including phenoxy) is 1. The van der Waals surface area contributed by atoms with E-state index in [1.165, 1.54) is 45.4 Å². The SMILES string of the molecule is CC(C)[C@H]1CC[C@@H](C)C[C@H]1OC[C@H](O)C[NH+]1CC[NH+](C)CC1. The Kier molecular flexibility index (Phi) is 7.13. The zero-order chi connectivity index (χ0) is 16.1. The Hall–Kier alpha value is -0.160. The van der Waals surface area contributed by atoms with Crippen molar-refractivity contribution in [1.82, 2.24) is 0 Å². The Balaban J connectivity index is 1.73. The molecular formula is C18H38N2O2+2. The fraction of sp³-hybridized carbons (Fsp3) is 1.00. The van der Waals surface area contributed by atoms with Crippen molar-refractivity contribution in [3.63, 3.8) is 0 Å². The zero-order valence-electron chi connectivity index (χ0n) is 15.1. The monoisotopic (exact) mass is 314 g/mol. The average Bonchev–Trinajstić information content (AvgIpc) is 2.47. The van der Waals surface area contributed by atoms with Crippen LogP contribution < -0.4 is 9.80 Å². The first-order chi connectivity index (χ1) is 10.5. The van der Waals surface area contributed by atoms with Gasteiger partial charge in [0.15, 0.2) is 0 Å². The molecule has 4 nitrogen and oxygen atoms in total. The average molecular weight is 315 g/mol. The van der Waals surface area contributed by atoms with Gasteiger partial charge in [-0.05, 0) is 30.6 Å². The van der Waals surface area contributed by atoms with Gasteiger partial charge in [-0.1, -0.05) is 27.2 Å². The molecule has 0 unspecified atom stereocenters. The molecule has 0 bridgehead atoms. The van der Waals surface area contributed by atoms with Crippen molar-refractivity contribution in [2.24, 2.45) is 17.8 Å². The van der Waals surface area contributed by atoms with E-state index in [0.29, 0.717) is 24.5 Å². The molecule has 2 fully saturated rings. The molecule has 0 aromatic rings. The molecule has 4 heteroatoms. The summed E-state index contributed by atoms with van der Waals surface area (Å²) in [5.41, 5.74) is 0. The van der Waals surface area contributed by atoms with Gasteiger partial charge in [0.2, 0.25) is 0 Å². The second kappa shape index (κ2) is 8.62. The lowest BCUT2D eigenvalue weighted by Crippen LogP contribution is -3.27. The maximum absolute atomic E-state index is 10.3. The maximum Gasteiger partial charge on any atom is 0.127 e. The first kappa shape index (κ1) is 18.2. The van der Waals surface area contributed by atoms with Gasteiger partial charge in [-0.2, -0.15) is 0 Å². The number of piperazine rings is 1. The lowest BCUT2D eigenvalue weighted by Gasteiger charge is -2.37. The molecule has 0 spiro atoms. The second-order valence-corrected chi connectivity index (χ2v) is 8.26. The van der Waals surface area contributed by atoms with Gasteiger partial charge < -0.3 is 19.6 Å². The minimum atomic E-state index is -0.307. The highest BCUT2D eigenvalue weighted by Crippen LogP contribution is 2.35. The zero-order valence-corrected chi connectivity index (χ0v) is 15.1. The van der Waals surface area contributed by atoms with E-state index in [4.69, 9.17) is 4.74 Å². The third-order valence-corrected chi connectivity index (χ3v) is 5.80. The predicted molar refractivity (Wildman–Crippen MR) is 89.3 cm³/mol. The van der Waals surface area contributed by atoms with Crippen LogP contribution in [0.3, 0.4) is 0 Å². The van der Waals surface area contributed by atoms with Gasteiger partial charge in [0.1, 0.15) is 38.8 Å². The lowest BCUT2D eigenvalue weighted by molar-refractivity contribution is -1.00. The molecule has 3 N–H and O–H groups in total. The number of aliphatic hydroxyl groups is 1. The van der Waals surface area contributed by atoms with E-state index in [2.05, 4.69) is 27.8 Å². The summed E-state index contributed by atoms with van der Waals surface area (Å²) in [5.74, 6) is 2.12. The van der Waals surface area contributed by atoms with Crippen LogP contribution in [-0.4, -0.2) is 63.7 Å². The first-order valence-corrected chi connectivity index (χ1v) is 9.40. The van der Waals surface area contributed by atoms with Crippen molar-refractivity contribution >= 4 is 0 Å². The van der Waals surface area contributed by atoms with Crippen LogP contribution in [0.25, 0.3) is 0 Å². The van der Waals surface area contributed by atoms with E-state index in [-0.39, 0.29) is 6.10 Å². The molecule has 4 atom stereocenters. The summed E-state index contributed by atoms with van der Waals surface area (Å²) in [6.07, 6.45) is 3.83. The molecule has 1 heterocycles. The van der Waals surface area contributed by atoms with E-state index in [0.717, 1.165) is 12.5 Å². The number of nitrogens with one attached hydrogen (secondary N) is 2. The lowest BCUT2D eigenvalue weighted by atomic mass is 9.75. The summed E-state index contributed by atoms with van der Waals surface area (Å²) in [6.45, 7) is 13.1. The maximum atomic E-state index is 10.3. The minimum absolute atomic E-state index is 0.307. The fourth-order valence-corrected chi connectivity index (χ4v) is 4.17. The van der Waals surface area contributed by atoms with E-state index in [9.17, 15) is 5.11 Å². The van der Waals surface area contributed by atoms with Gasteiger partial charge in [0.25, 0.3) is 0 Å². The van der Waals surface area contributed by atoms with Crippen molar-refractivity contribution < 1.29 is 19.6 Å². The van der Waals surface area contributed by atoms with Crippen molar-refractivity contribution in [2.75, 3.05) is 46.4 Å². The number of hydrogen-bond donors (Lipinski definition) is 3. The predicted octanol–water partition coefficient (Wildman–Crippen LogP) is -0.762. The van der Waals surface area contributed by atoms with Gasteiger partial charge in [-0.3, -0.25) is 0 Å². The van der Waals surface area contributed by atoms with Crippen LogP contribution in [0.1, 0.15) is 40.0 Å². The van der Waals surface area contributed by atoms with Gasteiger partial charge in [0.05, 0.1) is 19.8 Å². The molecule has 0 aromatic carbocycles. The first-order valence-electron chi connectivity index (χ1n) is 9.40. The number of aliphatic hydroxyl groups excluding tert-OH is 1. The molecule has 1 aliphatic carbocycles. The van der Waals surface area contributed by atoms with Crippen molar-refractivity contribution in [3.05, 3.63) is 0 Å². The van der Waals surface area contributed by atoms with E-state index in [1.807, 2.05) is 0 Å². The highest BCUT2D eigenvalue weighted by Gasteiger charge is 2.32. The molecule has 0 aromatic heterocycles. The van der Waals surface area contributed by atoms with E-state index in [1.54, 1.807) is 9.80 Å². The van der Waals surface area contributed by atoms with Crippen LogP contribution in [0.5, 0.6) is 0 Å². The van der Waals surface area contributed by atoms with Crippen LogP contribution in [0.4, 0.5) is 0 Å². The van der Waals surface area contributed by atoms with Gasteiger partial charge in [-0.25, -0.2) is 0 Å². The summed E-state index contributed by atoms with van der Waals surface area (Å²) >= 11 is 0. The summed E-state index contributed by atoms with van der Waals surface area (Å²) < 4.78 is 6.18. The number of quaternary nitrogens is 2. The minimum Gasteiger partial charge on any atom is -0.385 e. The normalized spacial score (nSPS) is 38.2. The molecule has 0 radical (unpaired) electrons. The molecular weight excluding hydrogens is 276 g/mol. The molecule has 2 aliphatic rings. The molecule has 2 rings (SSSR count). The molecule has 1 aliphatic heterocycles. The quantitative estimate of drug-likeness (QED) is 0.603. The number of rotatable bonds is 6. The topological polar surface area (TPSA) is 38.3 Å². The Morgan fingerprint density at radius 1 is 1.14 bits per heavy atom. The highest BCUT2D eigenvalue weighted by molar-refractivity contribution is 4.81. The Labute approximate surface area is 136 Å². The molecule has 130 valence electrons. The molecule has 1 saturated heterocycles. The number of hydrogen-bond acceptors (Lipinski definition) is 2. The smallest absolute Gasteiger partial charge is 0.127 e. The Morgan fingerprint density at radius 2 is 1.82 bits per heavy atom. The Morgan fingerprint density at radius 3 is 2.45 bits per heavy atom. The van der Waals surface area contributed by atoms with Crippen LogP contribution >= 0.6 is 0 Å². The summed E-state index contributed by atoms with van der Waals surface area (Å²) in [5, 5.41) is 10.3. The third-order valence-electron chi connectivity index (χ3n) is 5.80. The van der Waals surface area contributed by atoms with Crippen molar-refractivity contribution in [1.29, 1.82) is 0 Å². The van der Waals surface area contributed by atoms with Crippen LogP contribution in [0, 0.1) is 17.8 Å².